The van der Waals surface area contributed by atoms with Gasteiger partial charge in [-0.2, -0.15) is 0 Å². The number of ether oxygens (including phenoxy) is 1. The van der Waals surface area contributed by atoms with E-state index in [4.69, 9.17) is 4.74 Å². The molecule has 1 fully saturated rings. The Bertz CT molecular complexity index is 949. The molecule has 2 aromatic rings. The molecule has 0 aliphatic carbocycles. The van der Waals surface area contributed by atoms with Gasteiger partial charge in [0, 0.05) is 39.1 Å². The van der Waals surface area contributed by atoms with Crippen LogP contribution in [-0.4, -0.2) is 63.0 Å². The van der Waals surface area contributed by atoms with E-state index in [2.05, 4.69) is 15.2 Å². The summed E-state index contributed by atoms with van der Waals surface area (Å²) in [5.74, 6) is 0.498. The van der Waals surface area contributed by atoms with Crippen molar-refractivity contribution in [3.8, 4) is 0 Å². The number of rotatable bonds is 5. The largest absolute Gasteiger partial charge is 0.372 e. The summed E-state index contributed by atoms with van der Waals surface area (Å²) in [6.07, 6.45) is 1.80. The molecule has 2 unspecified atom stereocenters. The van der Waals surface area contributed by atoms with Crippen molar-refractivity contribution in [2.45, 2.75) is 31.0 Å². The van der Waals surface area contributed by atoms with Gasteiger partial charge in [-0.15, -0.1) is 0 Å². The Balaban J connectivity index is 1.67. The first-order valence-electron chi connectivity index (χ1n) is 9.37. The van der Waals surface area contributed by atoms with Gasteiger partial charge in [0.05, 0.1) is 22.7 Å². The Labute approximate surface area is 171 Å². The summed E-state index contributed by atoms with van der Waals surface area (Å²) in [5.41, 5.74) is 0.931. The lowest BCUT2D eigenvalue weighted by Gasteiger charge is -2.36. The summed E-state index contributed by atoms with van der Waals surface area (Å²) < 4.78 is 31.1. The summed E-state index contributed by atoms with van der Waals surface area (Å²) in [4.78, 5) is 19.2. The molecule has 1 aliphatic heterocycles. The molecule has 0 bridgehead atoms. The van der Waals surface area contributed by atoms with Gasteiger partial charge in [0.15, 0.2) is 0 Å². The Morgan fingerprint density at radius 2 is 1.72 bits per heavy atom. The topological polar surface area (TPSA) is 91.8 Å². The molecule has 8 nitrogen and oxygen atoms in total. The molecule has 2 heterocycles. The van der Waals surface area contributed by atoms with E-state index >= 15 is 0 Å². The molecule has 1 N–H and O–H groups in total. The molecule has 1 aliphatic rings. The minimum atomic E-state index is -3.50. The lowest BCUT2D eigenvalue weighted by molar-refractivity contribution is -0.00546. The van der Waals surface area contributed by atoms with Gasteiger partial charge in [0.25, 0.3) is 5.91 Å². The molecular weight excluding hydrogens is 392 g/mol. The predicted octanol–water partition coefficient (Wildman–Crippen LogP) is 2.20. The normalized spacial score (nSPS) is 20.0. The molecule has 0 spiro atoms. The number of carbonyl (C=O) groups is 1. The third-order valence-electron chi connectivity index (χ3n) is 4.64. The van der Waals surface area contributed by atoms with Crippen LogP contribution in [0.2, 0.25) is 0 Å². The fourth-order valence-electron chi connectivity index (χ4n) is 3.20. The summed E-state index contributed by atoms with van der Waals surface area (Å²) in [6.45, 7) is 5.56. The Morgan fingerprint density at radius 1 is 1.10 bits per heavy atom. The molecule has 29 heavy (non-hydrogen) atoms. The van der Waals surface area contributed by atoms with Gasteiger partial charge in [-0.25, -0.2) is 17.7 Å². The van der Waals surface area contributed by atoms with Crippen LogP contribution in [0, 0.1) is 0 Å². The average Bonchev–Trinajstić information content (AvgIpc) is 2.67. The first-order chi connectivity index (χ1) is 13.7. The van der Waals surface area contributed by atoms with E-state index < -0.39 is 10.0 Å². The highest BCUT2D eigenvalue weighted by atomic mass is 32.2. The summed E-state index contributed by atoms with van der Waals surface area (Å²) in [6, 6.07) is 9.61. The molecule has 1 aromatic heterocycles. The highest BCUT2D eigenvalue weighted by Gasteiger charge is 2.23. The lowest BCUT2D eigenvalue weighted by Crippen LogP contribution is -2.45. The molecule has 3 rings (SSSR count). The maximum atomic E-state index is 12.5. The molecule has 9 heteroatoms. The smallest absolute Gasteiger partial charge is 0.257 e. The van der Waals surface area contributed by atoms with E-state index in [-0.39, 0.29) is 23.0 Å². The third-order valence-corrected chi connectivity index (χ3v) is 6.47. The average molecular weight is 419 g/mol. The van der Waals surface area contributed by atoms with E-state index in [1.165, 1.54) is 26.2 Å². The minimum Gasteiger partial charge on any atom is -0.372 e. The van der Waals surface area contributed by atoms with Gasteiger partial charge in [-0.05, 0) is 50.2 Å². The quantitative estimate of drug-likeness (QED) is 0.800. The first-order valence-corrected chi connectivity index (χ1v) is 10.8. The van der Waals surface area contributed by atoms with Gasteiger partial charge >= 0.3 is 0 Å². The summed E-state index contributed by atoms with van der Waals surface area (Å²) in [7, 11) is -0.556. The second-order valence-electron chi connectivity index (χ2n) is 7.33. The van der Waals surface area contributed by atoms with Gasteiger partial charge in [-0.3, -0.25) is 4.79 Å². The van der Waals surface area contributed by atoms with Crippen LogP contribution in [0.3, 0.4) is 0 Å². The van der Waals surface area contributed by atoms with Gasteiger partial charge < -0.3 is 15.0 Å². The van der Waals surface area contributed by atoms with Gasteiger partial charge in [-0.1, -0.05) is 0 Å². The molecule has 1 amide bonds. The monoisotopic (exact) mass is 418 g/mol. The van der Waals surface area contributed by atoms with Crippen molar-refractivity contribution in [2.75, 3.05) is 37.4 Å². The van der Waals surface area contributed by atoms with Crippen LogP contribution in [0.1, 0.15) is 24.2 Å². The highest BCUT2D eigenvalue weighted by molar-refractivity contribution is 7.89. The number of morpholine rings is 1. The number of nitrogens with one attached hydrogen (secondary N) is 1. The van der Waals surface area contributed by atoms with Crippen LogP contribution >= 0.6 is 0 Å². The zero-order valence-corrected chi connectivity index (χ0v) is 17.8. The summed E-state index contributed by atoms with van der Waals surface area (Å²) in [5, 5.41) is 2.76. The number of nitrogens with zero attached hydrogens (tertiary/aromatic N) is 3. The van der Waals surface area contributed by atoms with Crippen LogP contribution in [0.4, 0.5) is 11.5 Å². The number of anilines is 2. The maximum absolute atomic E-state index is 12.5. The number of hydrogen-bond donors (Lipinski definition) is 1. The number of benzene rings is 1. The lowest BCUT2D eigenvalue weighted by atomic mass is 10.2. The molecular formula is C20H26N4O4S. The number of aromatic nitrogens is 1. The van der Waals surface area contributed by atoms with Crippen LogP contribution in [0.5, 0.6) is 0 Å². The van der Waals surface area contributed by atoms with E-state index in [0.717, 1.165) is 23.2 Å². The zero-order chi connectivity index (χ0) is 21.2. The second kappa shape index (κ2) is 8.48. The SMILES string of the molecule is CC1CN(c2ccc(C(=O)Nc3ccc(S(=O)(=O)N(C)C)cc3)cn2)CC(C)O1. The predicted molar refractivity (Wildman–Crippen MR) is 112 cm³/mol. The molecule has 1 saturated heterocycles. The number of amides is 1. The molecule has 1 aromatic carbocycles. The van der Waals surface area contributed by atoms with Crippen molar-refractivity contribution in [1.29, 1.82) is 0 Å². The van der Waals surface area contributed by atoms with Crippen LogP contribution < -0.4 is 10.2 Å². The van der Waals surface area contributed by atoms with Crippen molar-refractivity contribution in [1.82, 2.24) is 9.29 Å². The zero-order valence-electron chi connectivity index (χ0n) is 17.0. The van der Waals surface area contributed by atoms with Crippen LogP contribution in [0.25, 0.3) is 0 Å². The fourth-order valence-corrected chi connectivity index (χ4v) is 4.10. The highest BCUT2D eigenvalue weighted by Crippen LogP contribution is 2.20. The molecule has 0 radical (unpaired) electrons. The molecule has 2 atom stereocenters. The first kappa shape index (κ1) is 21.2. The molecule has 156 valence electrons. The molecule has 0 saturated carbocycles. The Kier molecular flexibility index (Phi) is 6.21. The van der Waals surface area contributed by atoms with Crippen molar-refractivity contribution in [3.05, 3.63) is 48.2 Å². The van der Waals surface area contributed by atoms with Crippen molar-refractivity contribution in [3.63, 3.8) is 0 Å². The van der Waals surface area contributed by atoms with Crippen LogP contribution in [0.15, 0.2) is 47.5 Å². The number of pyridine rings is 1. The maximum Gasteiger partial charge on any atom is 0.257 e. The van der Waals surface area contributed by atoms with Gasteiger partial charge in [0.2, 0.25) is 10.0 Å². The number of sulfonamides is 1. The minimum absolute atomic E-state index is 0.128. The van der Waals surface area contributed by atoms with Gasteiger partial charge in [0.1, 0.15) is 5.82 Å². The fraction of sp³-hybridized carbons (Fsp3) is 0.400. The van der Waals surface area contributed by atoms with E-state index in [1.54, 1.807) is 24.4 Å². The second-order valence-corrected chi connectivity index (χ2v) is 9.49. The number of carbonyl (C=O) groups excluding carboxylic acids is 1. The number of hydrogen-bond acceptors (Lipinski definition) is 6. The van der Waals surface area contributed by atoms with Crippen LogP contribution in [-0.2, 0) is 14.8 Å². The standard InChI is InChI=1S/C20H26N4O4S/c1-14-12-24(13-15(2)28-14)19-10-5-16(11-21-19)20(25)22-17-6-8-18(9-7-17)29(26,27)23(3)4/h5-11,14-15H,12-13H2,1-4H3,(H,22,25). The van der Waals surface area contributed by atoms with E-state index in [1.807, 2.05) is 19.9 Å². The van der Waals surface area contributed by atoms with Crippen molar-refractivity contribution >= 4 is 27.4 Å². The van der Waals surface area contributed by atoms with E-state index in [0.29, 0.717) is 11.3 Å². The Hall–Kier alpha value is -2.49. The summed E-state index contributed by atoms with van der Waals surface area (Å²) >= 11 is 0. The van der Waals surface area contributed by atoms with Crippen molar-refractivity contribution in [2.24, 2.45) is 0 Å². The third kappa shape index (κ3) is 4.92. The Morgan fingerprint density at radius 3 is 2.24 bits per heavy atom. The van der Waals surface area contributed by atoms with E-state index in [9.17, 15) is 13.2 Å². The van der Waals surface area contributed by atoms with Crippen molar-refractivity contribution < 1.29 is 17.9 Å².